The van der Waals surface area contributed by atoms with Crippen molar-refractivity contribution < 1.29 is 0 Å². The normalized spacial score (nSPS) is 20.7. The number of hydrogen-bond donors (Lipinski definition) is 1. The Bertz CT molecular complexity index is 327. The van der Waals surface area contributed by atoms with E-state index in [4.69, 9.17) is 5.73 Å². The van der Waals surface area contributed by atoms with E-state index in [0.29, 0.717) is 0 Å². The van der Waals surface area contributed by atoms with Crippen molar-refractivity contribution in [3.63, 3.8) is 0 Å². The standard InChI is InChI=1S/C13H20N2.ClH/c1-2-13-7-4-8-15(13)10-11-5-3-6-12(14)9-11;/h3,5-6,9,13H,2,4,7-8,10,14H2,1H3;1H. The van der Waals surface area contributed by atoms with Gasteiger partial charge in [-0.05, 0) is 43.5 Å². The third-order valence-corrected chi connectivity index (χ3v) is 3.31. The van der Waals surface area contributed by atoms with Crippen LogP contribution in [-0.2, 0) is 6.54 Å². The predicted octanol–water partition coefficient (Wildman–Crippen LogP) is 3.07. The van der Waals surface area contributed by atoms with Gasteiger partial charge < -0.3 is 5.73 Å². The van der Waals surface area contributed by atoms with Gasteiger partial charge in [0.05, 0.1) is 0 Å². The molecule has 1 aliphatic heterocycles. The number of nitrogens with zero attached hydrogens (tertiary/aromatic N) is 1. The molecule has 1 atom stereocenters. The van der Waals surface area contributed by atoms with Gasteiger partial charge in [-0.2, -0.15) is 0 Å². The molecule has 1 aliphatic rings. The van der Waals surface area contributed by atoms with E-state index in [1.807, 2.05) is 12.1 Å². The number of halogens is 1. The van der Waals surface area contributed by atoms with Gasteiger partial charge in [0.25, 0.3) is 0 Å². The largest absolute Gasteiger partial charge is 0.399 e. The number of benzene rings is 1. The zero-order chi connectivity index (χ0) is 10.7. The van der Waals surface area contributed by atoms with Gasteiger partial charge in [-0.1, -0.05) is 19.1 Å². The molecule has 0 aliphatic carbocycles. The van der Waals surface area contributed by atoms with E-state index in [0.717, 1.165) is 18.3 Å². The first-order valence-electron chi connectivity index (χ1n) is 5.88. The second-order valence-corrected chi connectivity index (χ2v) is 4.42. The second kappa shape index (κ2) is 6.12. The number of hydrogen-bond acceptors (Lipinski definition) is 2. The minimum Gasteiger partial charge on any atom is -0.399 e. The zero-order valence-corrected chi connectivity index (χ0v) is 10.7. The van der Waals surface area contributed by atoms with E-state index in [1.54, 1.807) is 0 Å². The smallest absolute Gasteiger partial charge is 0.0317 e. The van der Waals surface area contributed by atoms with E-state index < -0.39 is 0 Å². The van der Waals surface area contributed by atoms with Crippen LogP contribution in [0.25, 0.3) is 0 Å². The molecule has 1 saturated heterocycles. The molecular weight excluding hydrogens is 220 g/mol. The van der Waals surface area contributed by atoms with Gasteiger partial charge in [0, 0.05) is 18.3 Å². The van der Waals surface area contributed by atoms with Crippen molar-refractivity contribution in [3.05, 3.63) is 29.8 Å². The van der Waals surface area contributed by atoms with Crippen LogP contribution >= 0.6 is 12.4 Å². The molecule has 90 valence electrons. The first kappa shape index (κ1) is 13.3. The average molecular weight is 241 g/mol. The highest BCUT2D eigenvalue weighted by Gasteiger charge is 2.22. The summed E-state index contributed by atoms with van der Waals surface area (Å²) in [6, 6.07) is 9.03. The Kier molecular flexibility index (Phi) is 5.10. The van der Waals surface area contributed by atoms with E-state index in [9.17, 15) is 0 Å². The van der Waals surface area contributed by atoms with Crippen molar-refractivity contribution in [2.75, 3.05) is 12.3 Å². The summed E-state index contributed by atoms with van der Waals surface area (Å²) in [5.41, 5.74) is 8.00. The Hall–Kier alpha value is -0.730. The molecule has 0 radical (unpaired) electrons. The lowest BCUT2D eigenvalue weighted by Crippen LogP contribution is -2.28. The van der Waals surface area contributed by atoms with Crippen LogP contribution < -0.4 is 5.73 Å². The number of nitrogens with two attached hydrogens (primary N) is 1. The van der Waals surface area contributed by atoms with Gasteiger partial charge in [-0.15, -0.1) is 12.4 Å². The summed E-state index contributed by atoms with van der Waals surface area (Å²) in [7, 11) is 0. The van der Waals surface area contributed by atoms with Crippen molar-refractivity contribution in [2.45, 2.75) is 38.8 Å². The number of likely N-dealkylation sites (tertiary alicyclic amines) is 1. The molecule has 2 rings (SSSR count). The van der Waals surface area contributed by atoms with Crippen molar-refractivity contribution in [3.8, 4) is 0 Å². The molecule has 3 heteroatoms. The Labute approximate surface area is 104 Å². The van der Waals surface area contributed by atoms with Gasteiger partial charge in [0.15, 0.2) is 0 Å². The zero-order valence-electron chi connectivity index (χ0n) is 9.86. The van der Waals surface area contributed by atoms with Crippen LogP contribution in [0.2, 0.25) is 0 Å². The molecular formula is C13H21ClN2. The number of anilines is 1. The third-order valence-electron chi connectivity index (χ3n) is 3.31. The molecule has 2 N–H and O–H groups in total. The monoisotopic (exact) mass is 240 g/mol. The first-order chi connectivity index (χ1) is 7.29. The van der Waals surface area contributed by atoms with Crippen molar-refractivity contribution >= 4 is 18.1 Å². The minimum atomic E-state index is 0. The fourth-order valence-electron chi connectivity index (χ4n) is 2.49. The molecule has 1 aromatic carbocycles. The average Bonchev–Trinajstić information content (AvgIpc) is 2.65. The quantitative estimate of drug-likeness (QED) is 0.823. The molecule has 1 aromatic rings. The van der Waals surface area contributed by atoms with Gasteiger partial charge in [0.2, 0.25) is 0 Å². The van der Waals surface area contributed by atoms with E-state index in [2.05, 4.69) is 24.0 Å². The molecule has 2 nitrogen and oxygen atoms in total. The van der Waals surface area contributed by atoms with Crippen molar-refractivity contribution in [2.24, 2.45) is 0 Å². The van der Waals surface area contributed by atoms with Crippen LogP contribution in [0.5, 0.6) is 0 Å². The Morgan fingerprint density at radius 2 is 2.25 bits per heavy atom. The molecule has 1 unspecified atom stereocenters. The lowest BCUT2D eigenvalue weighted by Gasteiger charge is -2.23. The second-order valence-electron chi connectivity index (χ2n) is 4.42. The maximum Gasteiger partial charge on any atom is 0.0317 e. The SMILES string of the molecule is CCC1CCCN1Cc1cccc(N)c1.Cl. The summed E-state index contributed by atoms with van der Waals surface area (Å²) < 4.78 is 0. The molecule has 1 heterocycles. The molecule has 0 spiro atoms. The summed E-state index contributed by atoms with van der Waals surface area (Å²) in [6.07, 6.45) is 3.97. The lowest BCUT2D eigenvalue weighted by atomic mass is 10.1. The van der Waals surface area contributed by atoms with E-state index >= 15 is 0 Å². The highest BCUT2D eigenvalue weighted by atomic mass is 35.5. The highest BCUT2D eigenvalue weighted by molar-refractivity contribution is 5.85. The summed E-state index contributed by atoms with van der Waals surface area (Å²) in [5.74, 6) is 0. The van der Waals surface area contributed by atoms with Crippen LogP contribution in [0, 0.1) is 0 Å². The lowest BCUT2D eigenvalue weighted by molar-refractivity contribution is 0.240. The summed E-state index contributed by atoms with van der Waals surface area (Å²) in [6.45, 7) is 4.58. The molecule has 0 saturated carbocycles. The maximum absolute atomic E-state index is 5.78. The molecule has 1 fully saturated rings. The number of nitrogen functional groups attached to an aromatic ring is 1. The van der Waals surface area contributed by atoms with Crippen LogP contribution in [0.1, 0.15) is 31.7 Å². The molecule has 0 aromatic heterocycles. The van der Waals surface area contributed by atoms with Crippen LogP contribution in [0.15, 0.2) is 24.3 Å². The highest BCUT2D eigenvalue weighted by Crippen LogP contribution is 2.22. The van der Waals surface area contributed by atoms with E-state index in [-0.39, 0.29) is 12.4 Å². The van der Waals surface area contributed by atoms with Gasteiger partial charge in [-0.25, -0.2) is 0 Å². The molecule has 0 amide bonds. The molecule has 0 bridgehead atoms. The van der Waals surface area contributed by atoms with Gasteiger partial charge in [-0.3, -0.25) is 4.90 Å². The third kappa shape index (κ3) is 3.13. The maximum atomic E-state index is 5.78. The van der Waals surface area contributed by atoms with Gasteiger partial charge in [0.1, 0.15) is 0 Å². The summed E-state index contributed by atoms with van der Waals surface area (Å²) in [5, 5.41) is 0. The van der Waals surface area contributed by atoms with Crippen LogP contribution in [0.4, 0.5) is 5.69 Å². The minimum absolute atomic E-state index is 0. The fourth-order valence-corrected chi connectivity index (χ4v) is 2.49. The van der Waals surface area contributed by atoms with Crippen molar-refractivity contribution in [1.82, 2.24) is 4.90 Å². The fraction of sp³-hybridized carbons (Fsp3) is 0.538. The van der Waals surface area contributed by atoms with Gasteiger partial charge >= 0.3 is 0 Å². The number of rotatable bonds is 3. The van der Waals surface area contributed by atoms with Crippen LogP contribution in [-0.4, -0.2) is 17.5 Å². The topological polar surface area (TPSA) is 29.3 Å². The van der Waals surface area contributed by atoms with Crippen molar-refractivity contribution in [1.29, 1.82) is 0 Å². The predicted molar refractivity (Wildman–Crippen MR) is 71.8 cm³/mol. The Morgan fingerprint density at radius 3 is 2.94 bits per heavy atom. The summed E-state index contributed by atoms with van der Waals surface area (Å²) in [4.78, 5) is 2.58. The van der Waals surface area contributed by atoms with E-state index in [1.165, 1.54) is 31.4 Å². The summed E-state index contributed by atoms with van der Waals surface area (Å²) >= 11 is 0. The van der Waals surface area contributed by atoms with Crippen LogP contribution in [0.3, 0.4) is 0 Å². The Morgan fingerprint density at radius 1 is 1.44 bits per heavy atom. The molecule has 16 heavy (non-hydrogen) atoms. The Balaban J connectivity index is 0.00000128. The first-order valence-corrected chi connectivity index (χ1v) is 5.88.